The van der Waals surface area contributed by atoms with Crippen molar-refractivity contribution in [1.29, 1.82) is 0 Å². The predicted molar refractivity (Wildman–Crippen MR) is 78.0 cm³/mol. The van der Waals surface area contributed by atoms with Crippen molar-refractivity contribution in [2.24, 2.45) is 0 Å². The summed E-state index contributed by atoms with van der Waals surface area (Å²) in [5.74, 6) is 0.459. The molecule has 1 aliphatic rings. The van der Waals surface area contributed by atoms with Crippen LogP contribution in [0.25, 0.3) is 11.0 Å². The van der Waals surface area contributed by atoms with E-state index in [1.165, 1.54) is 0 Å². The molecule has 3 aromatic rings. The van der Waals surface area contributed by atoms with Gasteiger partial charge in [-0.05, 0) is 31.2 Å². The van der Waals surface area contributed by atoms with Crippen LogP contribution in [0.3, 0.4) is 0 Å². The molecule has 0 fully saturated rings. The molecule has 21 heavy (non-hydrogen) atoms. The molecule has 0 saturated heterocycles. The number of imidazole rings is 1. The Morgan fingerprint density at radius 3 is 3.24 bits per heavy atom. The number of amides is 1. The zero-order valence-electron chi connectivity index (χ0n) is 11.2. The van der Waals surface area contributed by atoms with Crippen LogP contribution in [-0.4, -0.2) is 32.6 Å². The van der Waals surface area contributed by atoms with Crippen LogP contribution in [0.1, 0.15) is 21.6 Å². The van der Waals surface area contributed by atoms with E-state index in [4.69, 9.17) is 0 Å². The molecular weight excluding hydrogens is 268 g/mol. The van der Waals surface area contributed by atoms with Crippen molar-refractivity contribution in [3.63, 3.8) is 0 Å². The molecule has 3 heterocycles. The number of nitrogens with one attached hydrogen (secondary N) is 4. The Morgan fingerprint density at radius 1 is 1.33 bits per heavy atom. The summed E-state index contributed by atoms with van der Waals surface area (Å²) in [6.07, 6.45) is 2.48. The van der Waals surface area contributed by atoms with Crippen LogP contribution in [0.4, 0.5) is 5.82 Å². The Bertz CT molecular complexity index is 818. The lowest BCUT2D eigenvalue weighted by Gasteiger charge is -2.13. The maximum Gasteiger partial charge on any atom is 0.256 e. The monoisotopic (exact) mass is 282 g/mol. The second-order valence-corrected chi connectivity index (χ2v) is 5.04. The van der Waals surface area contributed by atoms with Gasteiger partial charge in [-0.1, -0.05) is 0 Å². The Balaban J connectivity index is 1.61. The lowest BCUT2D eigenvalue weighted by atomic mass is 10.1. The molecule has 106 valence electrons. The summed E-state index contributed by atoms with van der Waals surface area (Å²) in [7, 11) is 0. The summed E-state index contributed by atoms with van der Waals surface area (Å²) in [4.78, 5) is 19.5. The van der Waals surface area contributed by atoms with Crippen LogP contribution in [0.2, 0.25) is 0 Å². The van der Waals surface area contributed by atoms with Gasteiger partial charge in [0.05, 0.1) is 23.1 Å². The summed E-state index contributed by atoms with van der Waals surface area (Å²) in [5, 5.41) is 13.3. The van der Waals surface area contributed by atoms with Gasteiger partial charge >= 0.3 is 0 Å². The minimum absolute atomic E-state index is 0.167. The second kappa shape index (κ2) is 4.71. The second-order valence-electron chi connectivity index (χ2n) is 5.04. The third kappa shape index (κ3) is 2.07. The highest BCUT2D eigenvalue weighted by atomic mass is 16.1. The highest BCUT2D eigenvalue weighted by Crippen LogP contribution is 2.21. The number of rotatable bonds is 2. The Labute approximate surface area is 120 Å². The fraction of sp³-hybridized carbons (Fsp3) is 0.214. The molecule has 0 radical (unpaired) electrons. The molecule has 0 unspecified atom stereocenters. The van der Waals surface area contributed by atoms with E-state index in [2.05, 4.69) is 30.8 Å². The number of H-pyrrole nitrogens is 2. The van der Waals surface area contributed by atoms with Gasteiger partial charge in [-0.3, -0.25) is 9.89 Å². The number of aromatic amines is 2. The van der Waals surface area contributed by atoms with Crippen molar-refractivity contribution in [2.75, 3.05) is 11.9 Å². The maximum absolute atomic E-state index is 12.3. The standard InChI is InChI=1S/C14H14N6O/c21-14(8-1-2-10-11(5-8)17-7-16-10)18-13-9-3-4-15-6-12(9)19-20-13/h1-2,5,7,15H,3-4,6H2,(H,16,17)(H2,18,19,20,21). The molecule has 1 amide bonds. The number of hydrogen-bond donors (Lipinski definition) is 4. The smallest absolute Gasteiger partial charge is 0.256 e. The van der Waals surface area contributed by atoms with Gasteiger partial charge in [0.15, 0.2) is 5.82 Å². The Kier molecular flexibility index (Phi) is 2.71. The zero-order chi connectivity index (χ0) is 14.2. The van der Waals surface area contributed by atoms with Crippen molar-refractivity contribution in [3.8, 4) is 0 Å². The van der Waals surface area contributed by atoms with Crippen LogP contribution in [-0.2, 0) is 13.0 Å². The normalized spacial score (nSPS) is 14.1. The van der Waals surface area contributed by atoms with Gasteiger partial charge in [0.1, 0.15) is 0 Å². The number of aromatic nitrogens is 4. The zero-order valence-corrected chi connectivity index (χ0v) is 11.2. The van der Waals surface area contributed by atoms with Crippen LogP contribution in [0.15, 0.2) is 24.5 Å². The van der Waals surface area contributed by atoms with Crippen LogP contribution < -0.4 is 10.6 Å². The average Bonchev–Trinajstić information content (AvgIpc) is 3.13. The van der Waals surface area contributed by atoms with E-state index in [9.17, 15) is 4.79 Å². The van der Waals surface area contributed by atoms with Crippen molar-refractivity contribution < 1.29 is 4.79 Å². The molecular formula is C14H14N6O. The number of benzene rings is 1. The lowest BCUT2D eigenvalue weighted by molar-refractivity contribution is 0.102. The molecule has 0 aliphatic carbocycles. The summed E-state index contributed by atoms with van der Waals surface area (Å²) in [6.45, 7) is 1.66. The van der Waals surface area contributed by atoms with E-state index in [1.54, 1.807) is 18.5 Å². The maximum atomic E-state index is 12.3. The highest BCUT2D eigenvalue weighted by molar-refractivity contribution is 6.05. The van der Waals surface area contributed by atoms with E-state index in [0.717, 1.165) is 41.8 Å². The fourth-order valence-electron chi connectivity index (χ4n) is 2.60. The predicted octanol–water partition coefficient (Wildman–Crippen LogP) is 1.18. The van der Waals surface area contributed by atoms with Crippen molar-refractivity contribution in [1.82, 2.24) is 25.5 Å². The summed E-state index contributed by atoms with van der Waals surface area (Å²) >= 11 is 0. The quantitative estimate of drug-likeness (QED) is 0.567. The molecule has 0 atom stereocenters. The van der Waals surface area contributed by atoms with Gasteiger partial charge in [0.2, 0.25) is 0 Å². The highest BCUT2D eigenvalue weighted by Gasteiger charge is 2.18. The van der Waals surface area contributed by atoms with Crippen molar-refractivity contribution in [2.45, 2.75) is 13.0 Å². The fourth-order valence-corrected chi connectivity index (χ4v) is 2.60. The number of fused-ring (bicyclic) bond motifs is 2. The lowest BCUT2D eigenvalue weighted by Crippen LogP contribution is -2.24. The van der Waals surface area contributed by atoms with E-state index in [-0.39, 0.29) is 5.91 Å². The first-order valence-electron chi connectivity index (χ1n) is 6.82. The molecule has 0 bridgehead atoms. The van der Waals surface area contributed by atoms with Gasteiger partial charge in [-0.2, -0.15) is 5.10 Å². The molecule has 7 heteroatoms. The third-order valence-corrected chi connectivity index (χ3v) is 3.72. The first kappa shape index (κ1) is 12.1. The summed E-state index contributed by atoms with van der Waals surface area (Å²) in [6, 6.07) is 5.38. The Hall–Kier alpha value is -2.67. The van der Waals surface area contributed by atoms with Gasteiger partial charge in [-0.25, -0.2) is 4.98 Å². The topological polar surface area (TPSA) is 98.5 Å². The molecule has 1 aromatic carbocycles. The minimum Gasteiger partial charge on any atom is -0.345 e. The Morgan fingerprint density at radius 2 is 2.29 bits per heavy atom. The molecule has 4 N–H and O–H groups in total. The summed E-state index contributed by atoms with van der Waals surface area (Å²) in [5.41, 5.74) is 4.40. The number of anilines is 1. The molecule has 4 rings (SSSR count). The number of carbonyl (C=O) groups excluding carboxylic acids is 1. The number of nitrogens with zero attached hydrogens (tertiary/aromatic N) is 2. The minimum atomic E-state index is -0.167. The van der Waals surface area contributed by atoms with Gasteiger partial charge < -0.3 is 15.6 Å². The van der Waals surface area contributed by atoms with Crippen molar-refractivity contribution >= 4 is 22.8 Å². The van der Waals surface area contributed by atoms with Gasteiger partial charge in [0.25, 0.3) is 5.91 Å². The molecule has 2 aromatic heterocycles. The molecule has 7 nitrogen and oxygen atoms in total. The summed E-state index contributed by atoms with van der Waals surface area (Å²) < 4.78 is 0. The van der Waals surface area contributed by atoms with Gasteiger partial charge in [0, 0.05) is 17.7 Å². The van der Waals surface area contributed by atoms with E-state index >= 15 is 0 Å². The van der Waals surface area contributed by atoms with E-state index < -0.39 is 0 Å². The number of hydrogen-bond acceptors (Lipinski definition) is 4. The average molecular weight is 282 g/mol. The largest absolute Gasteiger partial charge is 0.345 e. The van der Waals surface area contributed by atoms with Gasteiger partial charge in [-0.15, -0.1) is 0 Å². The van der Waals surface area contributed by atoms with E-state index in [0.29, 0.717) is 11.4 Å². The molecule has 0 spiro atoms. The van der Waals surface area contributed by atoms with Crippen LogP contribution in [0.5, 0.6) is 0 Å². The van der Waals surface area contributed by atoms with Crippen LogP contribution in [0, 0.1) is 0 Å². The van der Waals surface area contributed by atoms with Crippen molar-refractivity contribution in [3.05, 3.63) is 41.3 Å². The number of carbonyl (C=O) groups is 1. The first-order valence-corrected chi connectivity index (χ1v) is 6.82. The molecule has 0 saturated carbocycles. The first-order chi connectivity index (χ1) is 10.3. The van der Waals surface area contributed by atoms with E-state index in [1.807, 2.05) is 6.07 Å². The SMILES string of the molecule is O=C(Nc1n[nH]c2c1CCNC2)c1ccc2nc[nH]c2c1. The molecule has 1 aliphatic heterocycles. The van der Waals surface area contributed by atoms with Crippen LogP contribution >= 0.6 is 0 Å². The third-order valence-electron chi connectivity index (χ3n) is 3.72.